The third-order valence-corrected chi connectivity index (χ3v) is 3.97. The number of hydrogen-bond donors (Lipinski definition) is 2. The first-order valence-corrected chi connectivity index (χ1v) is 6.58. The van der Waals surface area contributed by atoms with Gasteiger partial charge in [-0.1, -0.05) is 12.2 Å². The van der Waals surface area contributed by atoms with Crippen molar-refractivity contribution in [2.24, 2.45) is 5.92 Å². The molecule has 2 atom stereocenters. The Bertz CT molecular complexity index is 518. The number of rotatable bonds is 3. The molecule has 1 aromatic heterocycles. The van der Waals surface area contributed by atoms with Crippen molar-refractivity contribution in [2.75, 3.05) is 0 Å². The molecule has 1 heterocycles. The highest BCUT2D eigenvalue weighted by Crippen LogP contribution is 2.22. The Kier molecular flexibility index (Phi) is 3.52. The van der Waals surface area contributed by atoms with Gasteiger partial charge in [-0.25, -0.2) is 0 Å². The number of carboxylic acid groups (broad SMARTS) is 1. The van der Waals surface area contributed by atoms with Gasteiger partial charge in [0.05, 0.1) is 11.5 Å². The predicted molar refractivity (Wildman–Crippen MR) is 69.9 cm³/mol. The molecular weight excluding hydrogens is 250 g/mol. The molecule has 2 unspecified atom stereocenters. The number of aliphatic carboxylic acids is 1. The van der Waals surface area contributed by atoms with Crippen molar-refractivity contribution >= 4 is 23.2 Å². The van der Waals surface area contributed by atoms with Crippen molar-refractivity contribution < 1.29 is 14.7 Å². The number of carbonyl (C=O) groups excluding carboxylic acids is 1. The van der Waals surface area contributed by atoms with Gasteiger partial charge in [-0.2, -0.15) is 0 Å². The summed E-state index contributed by atoms with van der Waals surface area (Å²) in [6.45, 7) is 3.88. The Balaban J connectivity index is 2.00. The van der Waals surface area contributed by atoms with E-state index in [0.29, 0.717) is 12.0 Å². The molecule has 0 saturated carbocycles. The molecule has 4 nitrogen and oxygen atoms in total. The molecule has 0 fully saturated rings. The van der Waals surface area contributed by atoms with E-state index in [4.69, 9.17) is 5.11 Å². The highest BCUT2D eigenvalue weighted by Gasteiger charge is 2.26. The summed E-state index contributed by atoms with van der Waals surface area (Å²) in [4.78, 5) is 24.9. The SMILES string of the molecule is Cc1cc(C(=O)NC2C=CC(C(=O)O)C2)c(C)s1. The van der Waals surface area contributed by atoms with Gasteiger partial charge in [0.1, 0.15) is 0 Å². The maximum absolute atomic E-state index is 12.0. The molecular formula is C13H15NO3S. The summed E-state index contributed by atoms with van der Waals surface area (Å²) in [5, 5.41) is 11.7. The highest BCUT2D eigenvalue weighted by atomic mass is 32.1. The molecule has 0 saturated heterocycles. The Hall–Kier alpha value is -1.62. The zero-order valence-electron chi connectivity index (χ0n) is 10.3. The lowest BCUT2D eigenvalue weighted by molar-refractivity contribution is -0.140. The number of nitrogens with one attached hydrogen (secondary N) is 1. The molecule has 0 spiro atoms. The number of carbonyl (C=O) groups is 2. The molecule has 96 valence electrons. The van der Waals surface area contributed by atoms with Crippen LogP contribution in [0.15, 0.2) is 18.2 Å². The number of hydrogen-bond acceptors (Lipinski definition) is 3. The van der Waals surface area contributed by atoms with Gasteiger partial charge in [-0.15, -0.1) is 11.3 Å². The third-order valence-electron chi connectivity index (χ3n) is 3.00. The number of thiophene rings is 1. The van der Waals surface area contributed by atoms with Crippen LogP contribution in [0.25, 0.3) is 0 Å². The molecule has 0 bridgehead atoms. The summed E-state index contributed by atoms with van der Waals surface area (Å²) in [6, 6.07) is 1.68. The lowest BCUT2D eigenvalue weighted by Crippen LogP contribution is -2.33. The van der Waals surface area contributed by atoms with Gasteiger partial charge >= 0.3 is 5.97 Å². The summed E-state index contributed by atoms with van der Waals surface area (Å²) < 4.78 is 0. The quantitative estimate of drug-likeness (QED) is 0.823. The van der Waals surface area contributed by atoms with Crippen LogP contribution in [0.5, 0.6) is 0 Å². The summed E-state index contributed by atoms with van der Waals surface area (Å²) in [5.74, 6) is -1.45. The zero-order chi connectivity index (χ0) is 13.3. The monoisotopic (exact) mass is 265 g/mol. The van der Waals surface area contributed by atoms with Crippen LogP contribution in [-0.2, 0) is 4.79 Å². The van der Waals surface area contributed by atoms with E-state index in [1.807, 2.05) is 19.9 Å². The van der Waals surface area contributed by atoms with E-state index in [0.717, 1.165) is 9.75 Å². The van der Waals surface area contributed by atoms with E-state index in [9.17, 15) is 9.59 Å². The molecule has 2 rings (SSSR count). The smallest absolute Gasteiger partial charge is 0.310 e. The highest BCUT2D eigenvalue weighted by molar-refractivity contribution is 7.12. The first-order valence-electron chi connectivity index (χ1n) is 5.76. The van der Waals surface area contributed by atoms with Crippen molar-refractivity contribution in [2.45, 2.75) is 26.3 Å². The molecule has 1 aliphatic carbocycles. The Morgan fingerprint density at radius 3 is 2.61 bits per heavy atom. The van der Waals surface area contributed by atoms with E-state index < -0.39 is 11.9 Å². The van der Waals surface area contributed by atoms with Crippen LogP contribution < -0.4 is 5.32 Å². The second kappa shape index (κ2) is 4.94. The van der Waals surface area contributed by atoms with Gasteiger partial charge in [0.2, 0.25) is 0 Å². The summed E-state index contributed by atoms with van der Waals surface area (Å²) >= 11 is 1.59. The molecule has 1 amide bonds. The van der Waals surface area contributed by atoms with Crippen LogP contribution in [0, 0.1) is 19.8 Å². The van der Waals surface area contributed by atoms with Crippen molar-refractivity contribution in [3.8, 4) is 0 Å². The Labute approximate surface area is 109 Å². The summed E-state index contributed by atoms with van der Waals surface area (Å²) in [5.41, 5.74) is 0.685. The van der Waals surface area contributed by atoms with Crippen molar-refractivity contribution in [1.29, 1.82) is 0 Å². The minimum absolute atomic E-state index is 0.127. The predicted octanol–water partition coefficient (Wildman–Crippen LogP) is 2.12. The van der Waals surface area contributed by atoms with Crippen LogP contribution in [-0.4, -0.2) is 23.0 Å². The van der Waals surface area contributed by atoms with Crippen LogP contribution in [0.1, 0.15) is 26.5 Å². The van der Waals surface area contributed by atoms with Crippen molar-refractivity contribution in [3.63, 3.8) is 0 Å². The second-order valence-electron chi connectivity index (χ2n) is 4.47. The Morgan fingerprint density at radius 2 is 2.11 bits per heavy atom. The minimum atomic E-state index is -0.842. The average Bonchev–Trinajstić information content (AvgIpc) is 2.85. The standard InChI is InChI=1S/C13H15NO3S/c1-7-5-11(8(2)18-7)12(15)14-10-4-3-9(6-10)13(16)17/h3-5,9-10H,6H2,1-2H3,(H,14,15)(H,16,17). The third kappa shape index (κ3) is 2.61. The number of carboxylic acids is 1. The van der Waals surface area contributed by atoms with Gasteiger partial charge in [0.15, 0.2) is 0 Å². The van der Waals surface area contributed by atoms with Crippen molar-refractivity contribution in [1.82, 2.24) is 5.32 Å². The van der Waals surface area contributed by atoms with Crippen LogP contribution in [0.4, 0.5) is 0 Å². The van der Waals surface area contributed by atoms with Crippen molar-refractivity contribution in [3.05, 3.63) is 33.5 Å². The van der Waals surface area contributed by atoms with Gasteiger partial charge < -0.3 is 10.4 Å². The molecule has 5 heteroatoms. The maximum Gasteiger partial charge on any atom is 0.310 e. The van der Waals surface area contributed by atoms with Gasteiger partial charge in [-0.05, 0) is 26.3 Å². The van der Waals surface area contributed by atoms with Gasteiger partial charge in [-0.3, -0.25) is 9.59 Å². The summed E-state index contributed by atoms with van der Waals surface area (Å²) in [6.07, 6.45) is 3.83. The average molecular weight is 265 g/mol. The van der Waals surface area contributed by atoms with Crippen LogP contribution in [0.2, 0.25) is 0 Å². The zero-order valence-corrected chi connectivity index (χ0v) is 11.1. The van der Waals surface area contributed by atoms with E-state index in [1.54, 1.807) is 23.5 Å². The van der Waals surface area contributed by atoms with E-state index >= 15 is 0 Å². The molecule has 18 heavy (non-hydrogen) atoms. The molecule has 0 radical (unpaired) electrons. The minimum Gasteiger partial charge on any atom is -0.481 e. The first-order chi connectivity index (χ1) is 8.47. The van der Waals surface area contributed by atoms with Crippen LogP contribution >= 0.6 is 11.3 Å². The van der Waals surface area contributed by atoms with E-state index in [-0.39, 0.29) is 11.9 Å². The largest absolute Gasteiger partial charge is 0.481 e. The topological polar surface area (TPSA) is 66.4 Å². The Morgan fingerprint density at radius 1 is 1.39 bits per heavy atom. The normalized spacial score (nSPS) is 22.1. The molecule has 0 aliphatic heterocycles. The molecule has 2 N–H and O–H groups in total. The fourth-order valence-electron chi connectivity index (χ4n) is 2.09. The lowest BCUT2D eigenvalue weighted by atomic mass is 10.1. The van der Waals surface area contributed by atoms with E-state index in [1.165, 1.54) is 0 Å². The molecule has 1 aromatic rings. The van der Waals surface area contributed by atoms with Gasteiger partial charge in [0.25, 0.3) is 5.91 Å². The fraction of sp³-hybridized carbons (Fsp3) is 0.385. The molecule has 0 aromatic carbocycles. The maximum atomic E-state index is 12.0. The second-order valence-corrected chi connectivity index (χ2v) is 5.93. The fourth-order valence-corrected chi connectivity index (χ4v) is 3.01. The number of aryl methyl sites for hydroxylation is 2. The first kappa shape index (κ1) is 12.8. The number of amides is 1. The lowest BCUT2D eigenvalue weighted by Gasteiger charge is -2.11. The van der Waals surface area contributed by atoms with E-state index in [2.05, 4.69) is 5.32 Å². The van der Waals surface area contributed by atoms with Gasteiger partial charge in [0, 0.05) is 15.8 Å². The molecule has 1 aliphatic rings. The summed E-state index contributed by atoms with van der Waals surface area (Å²) in [7, 11) is 0. The van der Waals surface area contributed by atoms with Crippen LogP contribution in [0.3, 0.4) is 0 Å².